The highest BCUT2D eigenvalue weighted by atomic mass is 16.5. The van der Waals surface area contributed by atoms with Crippen LogP contribution in [-0.4, -0.2) is 29.4 Å². The Morgan fingerprint density at radius 3 is 2.60 bits per heavy atom. The van der Waals surface area contributed by atoms with E-state index in [9.17, 15) is 9.59 Å². The van der Waals surface area contributed by atoms with Gasteiger partial charge in [0, 0.05) is 0 Å². The zero-order chi connectivity index (χ0) is 11.1. The highest BCUT2D eigenvalue weighted by Gasteiger charge is 2.09. The molecule has 1 aromatic rings. The smallest absolute Gasteiger partial charge is 0.338 e. The van der Waals surface area contributed by atoms with Crippen molar-refractivity contribution in [3.8, 4) is 0 Å². The minimum atomic E-state index is -0.588. The molecule has 0 aromatic heterocycles. The van der Waals surface area contributed by atoms with Gasteiger partial charge in [0.05, 0.1) is 5.56 Å². The molecule has 0 saturated heterocycles. The minimum absolute atomic E-state index is 0.367. The summed E-state index contributed by atoms with van der Waals surface area (Å²) in [5, 5.41) is 0. The Hall–Kier alpha value is -2.26. The van der Waals surface area contributed by atoms with Crippen LogP contribution in [0.15, 0.2) is 30.3 Å². The van der Waals surface area contributed by atoms with E-state index in [0.29, 0.717) is 11.8 Å². The normalized spacial score (nSPS) is 8.80. The second kappa shape index (κ2) is 5.47. The van der Waals surface area contributed by atoms with E-state index < -0.39 is 18.4 Å². The minimum Gasteiger partial charge on any atom is -0.453 e. The molecule has 0 aliphatic rings. The third-order valence-electron chi connectivity index (χ3n) is 1.56. The Balaban J connectivity index is 2.51. The van der Waals surface area contributed by atoms with Gasteiger partial charge in [0.25, 0.3) is 5.78 Å². The molecule has 0 N–H and O–H groups in total. The summed E-state index contributed by atoms with van der Waals surface area (Å²) in [5.41, 5.74) is 8.39. The Morgan fingerprint density at radius 2 is 2.00 bits per heavy atom. The van der Waals surface area contributed by atoms with Gasteiger partial charge in [-0.2, -0.15) is 4.79 Å². The highest BCUT2D eigenvalue weighted by Crippen LogP contribution is 2.00. The van der Waals surface area contributed by atoms with Gasteiger partial charge in [0.1, 0.15) is 0 Å². The van der Waals surface area contributed by atoms with Gasteiger partial charge >= 0.3 is 12.2 Å². The van der Waals surface area contributed by atoms with E-state index >= 15 is 0 Å². The van der Waals surface area contributed by atoms with Crippen LogP contribution in [0, 0.1) is 0 Å². The van der Waals surface area contributed by atoms with Crippen LogP contribution < -0.4 is 0 Å². The predicted octanol–water partition coefficient (Wildman–Crippen LogP) is 0.713. The van der Waals surface area contributed by atoms with Gasteiger partial charge in [0.2, 0.25) is 0 Å². The lowest BCUT2D eigenvalue weighted by atomic mass is 10.2. The molecule has 0 aliphatic heterocycles. The molecule has 0 aliphatic carbocycles. The molecule has 0 amide bonds. The number of carbonyl (C=O) groups excluding carboxylic acids is 2. The lowest BCUT2D eigenvalue weighted by Gasteiger charge is -2.00. The zero-order valence-electron chi connectivity index (χ0n) is 7.79. The van der Waals surface area contributed by atoms with Crippen molar-refractivity contribution in [1.82, 2.24) is 0 Å². The Morgan fingerprint density at radius 1 is 1.33 bits per heavy atom. The molecule has 0 bridgehead atoms. The molecule has 0 unspecified atom stereocenters. The Kier molecular flexibility index (Phi) is 3.94. The van der Waals surface area contributed by atoms with Crippen LogP contribution in [-0.2, 0) is 9.53 Å². The second-order valence-electron chi connectivity index (χ2n) is 2.65. The molecule has 1 aromatic carbocycles. The first-order valence-corrected chi connectivity index (χ1v) is 4.16. The summed E-state index contributed by atoms with van der Waals surface area (Å²) >= 11 is 0. The largest absolute Gasteiger partial charge is 0.453 e. The summed E-state index contributed by atoms with van der Waals surface area (Å²) < 4.78 is 4.65. The first-order valence-electron chi connectivity index (χ1n) is 4.16. The first kappa shape index (κ1) is 10.8. The van der Waals surface area contributed by atoms with E-state index in [4.69, 9.17) is 5.53 Å². The molecule has 5 nitrogen and oxygen atoms in total. The van der Waals surface area contributed by atoms with Crippen molar-refractivity contribution in [3.05, 3.63) is 41.4 Å². The van der Waals surface area contributed by atoms with Gasteiger partial charge < -0.3 is 10.3 Å². The molecule has 76 valence electrons. The number of hydrogen-bond acceptors (Lipinski definition) is 3. The average molecular weight is 204 g/mol. The summed E-state index contributed by atoms with van der Waals surface area (Å²) in [6.45, 7) is -0.433. The van der Waals surface area contributed by atoms with E-state index in [1.54, 1.807) is 30.3 Å². The number of ether oxygens (including phenoxy) is 1. The van der Waals surface area contributed by atoms with E-state index in [-0.39, 0.29) is 0 Å². The topological polar surface area (TPSA) is 79.8 Å². The molecule has 0 radical (unpaired) electrons. The summed E-state index contributed by atoms with van der Waals surface area (Å²) in [7, 11) is 0. The van der Waals surface area contributed by atoms with Crippen LogP contribution in [0.4, 0.5) is 0 Å². The lowest BCUT2D eigenvalue weighted by molar-refractivity contribution is -0.118. The fourth-order valence-corrected chi connectivity index (χ4v) is 0.896. The van der Waals surface area contributed by atoms with Crippen LogP contribution in [0.3, 0.4) is 0 Å². The van der Waals surface area contributed by atoms with Crippen LogP contribution >= 0.6 is 0 Å². The first-order chi connectivity index (χ1) is 7.24. The van der Waals surface area contributed by atoms with Crippen molar-refractivity contribution >= 4 is 18.0 Å². The summed E-state index contributed by atoms with van der Waals surface area (Å²) in [4.78, 5) is 24.6. The molecule has 0 fully saturated rings. The number of rotatable bonds is 4. The van der Waals surface area contributed by atoms with Crippen LogP contribution in [0.25, 0.3) is 5.53 Å². The molecule has 0 atom stereocenters. The number of nitrogens with zero attached hydrogens (tertiary/aromatic N) is 2. The van der Waals surface area contributed by atoms with E-state index in [2.05, 4.69) is 9.53 Å². The number of benzene rings is 1. The average Bonchev–Trinajstić information content (AvgIpc) is 2.27. The van der Waals surface area contributed by atoms with Gasteiger partial charge in [-0.25, -0.2) is 4.79 Å². The molecule has 5 heteroatoms. The van der Waals surface area contributed by atoms with E-state index in [0.717, 1.165) is 0 Å². The molecule has 0 heterocycles. The maximum atomic E-state index is 11.3. The number of esters is 1. The molecule has 1 rings (SSSR count). The van der Waals surface area contributed by atoms with E-state index in [1.165, 1.54) is 0 Å². The summed E-state index contributed by atoms with van der Waals surface area (Å²) in [5.74, 6) is -1.17. The van der Waals surface area contributed by atoms with Gasteiger partial charge in [-0.1, -0.05) is 18.2 Å². The lowest BCUT2D eigenvalue weighted by Crippen LogP contribution is -2.14. The van der Waals surface area contributed by atoms with Crippen molar-refractivity contribution < 1.29 is 19.1 Å². The van der Waals surface area contributed by atoms with Crippen LogP contribution in [0.1, 0.15) is 10.4 Å². The third kappa shape index (κ3) is 3.54. The summed E-state index contributed by atoms with van der Waals surface area (Å²) in [6.07, 6.45) is 0.679. The van der Waals surface area contributed by atoms with Crippen molar-refractivity contribution in [3.63, 3.8) is 0 Å². The second-order valence-corrected chi connectivity index (χ2v) is 2.65. The van der Waals surface area contributed by atoms with Crippen LogP contribution in [0.5, 0.6) is 0 Å². The predicted molar refractivity (Wildman–Crippen MR) is 51.4 cm³/mol. The maximum Gasteiger partial charge on any atom is 0.338 e. The number of carbonyl (C=O) groups is 2. The van der Waals surface area contributed by atoms with Gasteiger partial charge in [0.15, 0.2) is 6.61 Å². The highest BCUT2D eigenvalue weighted by molar-refractivity contribution is 6.26. The van der Waals surface area contributed by atoms with E-state index in [1.807, 2.05) is 0 Å². The number of hydrogen-bond donors (Lipinski definition) is 0. The van der Waals surface area contributed by atoms with Gasteiger partial charge in [-0.05, 0) is 12.1 Å². The monoisotopic (exact) mass is 204 g/mol. The van der Waals surface area contributed by atoms with Gasteiger partial charge in [-0.15, -0.1) is 0 Å². The third-order valence-corrected chi connectivity index (χ3v) is 1.56. The standard InChI is InChI=1S/C10H8N2O3/c11-12-6-9(13)7-15-10(14)8-4-2-1-3-5-8/h1-6H,7H2. The fraction of sp³-hybridized carbons (Fsp3) is 0.100. The zero-order valence-corrected chi connectivity index (χ0v) is 7.79. The summed E-state index contributed by atoms with van der Waals surface area (Å²) in [6, 6.07) is 8.29. The fourth-order valence-electron chi connectivity index (χ4n) is 0.896. The van der Waals surface area contributed by atoms with Crippen molar-refractivity contribution in [2.75, 3.05) is 6.61 Å². The molecular formula is C10H8N2O3. The molecule has 0 spiro atoms. The number of Topliss-reactive ketones (excluding diaryl/α,β-unsaturated/α-hetero) is 1. The van der Waals surface area contributed by atoms with Crippen LogP contribution in [0.2, 0.25) is 0 Å². The van der Waals surface area contributed by atoms with Gasteiger partial charge in [-0.3, -0.25) is 4.79 Å². The molecule has 0 saturated carbocycles. The van der Waals surface area contributed by atoms with Crippen molar-refractivity contribution in [1.29, 1.82) is 0 Å². The Labute approximate surface area is 85.9 Å². The SMILES string of the molecule is [N-]=[N+]=CC(=O)COC(=O)c1ccccc1. The number of ketones is 1. The van der Waals surface area contributed by atoms with Crippen molar-refractivity contribution in [2.45, 2.75) is 0 Å². The maximum absolute atomic E-state index is 11.3. The van der Waals surface area contributed by atoms with Crippen molar-refractivity contribution in [2.24, 2.45) is 0 Å². The molecular weight excluding hydrogens is 196 g/mol. The molecule has 15 heavy (non-hydrogen) atoms. The quantitative estimate of drug-likeness (QED) is 0.313. The Bertz CT molecular complexity index is 408.